The van der Waals surface area contributed by atoms with Crippen LogP contribution in [0, 0.1) is 13.8 Å². The summed E-state index contributed by atoms with van der Waals surface area (Å²) >= 11 is 1.23. The molecule has 1 heterocycles. The first-order valence-corrected chi connectivity index (χ1v) is 12.2. The summed E-state index contributed by atoms with van der Waals surface area (Å²) in [6.07, 6.45) is 2.00. The van der Waals surface area contributed by atoms with Gasteiger partial charge in [0.15, 0.2) is 14.6 Å². The number of carbonyl (C=O) groups excluding carboxylic acids is 1. The van der Waals surface area contributed by atoms with Crippen molar-refractivity contribution < 1.29 is 13.2 Å². The highest BCUT2D eigenvalue weighted by molar-refractivity contribution is 7.93. The van der Waals surface area contributed by atoms with Gasteiger partial charge in [0.2, 0.25) is 11.0 Å². The van der Waals surface area contributed by atoms with Crippen LogP contribution in [0.4, 0.5) is 5.13 Å². The van der Waals surface area contributed by atoms with Crippen LogP contribution in [0.2, 0.25) is 0 Å². The van der Waals surface area contributed by atoms with Gasteiger partial charge in [0, 0.05) is 5.56 Å². The fraction of sp³-hybridized carbons (Fsp3) is 0.318. The molecule has 0 unspecified atom stereocenters. The van der Waals surface area contributed by atoms with Crippen LogP contribution in [0.3, 0.4) is 0 Å². The Morgan fingerprint density at radius 3 is 2.43 bits per heavy atom. The summed E-state index contributed by atoms with van der Waals surface area (Å²) in [5.74, 6) is -0.517. The van der Waals surface area contributed by atoms with E-state index in [1.165, 1.54) is 11.3 Å². The highest BCUT2D eigenvalue weighted by Gasteiger charge is 2.53. The van der Waals surface area contributed by atoms with E-state index in [4.69, 9.17) is 0 Å². The number of carbonyl (C=O) groups is 1. The molecule has 0 radical (unpaired) electrons. The van der Waals surface area contributed by atoms with Gasteiger partial charge in [-0.3, -0.25) is 10.1 Å². The molecule has 0 spiro atoms. The molecule has 0 aliphatic heterocycles. The number of nitrogens with zero attached hydrogens (tertiary/aromatic N) is 2. The van der Waals surface area contributed by atoms with Crippen LogP contribution in [0.25, 0.3) is 10.6 Å². The van der Waals surface area contributed by atoms with Gasteiger partial charge in [-0.1, -0.05) is 66.6 Å². The summed E-state index contributed by atoms with van der Waals surface area (Å²) in [5.41, 5.74) is 2.40. The molecule has 1 saturated carbocycles. The Kier molecular flexibility index (Phi) is 5.46. The average molecular weight is 442 g/mol. The quantitative estimate of drug-likeness (QED) is 0.628. The van der Waals surface area contributed by atoms with Gasteiger partial charge in [-0.15, -0.1) is 10.2 Å². The summed E-state index contributed by atoms with van der Waals surface area (Å²) in [4.78, 5) is 13.6. The molecule has 1 amide bonds. The molecule has 6 nitrogen and oxygen atoms in total. The molecule has 1 fully saturated rings. The number of hydrogen-bond donors (Lipinski definition) is 1. The largest absolute Gasteiger partial charge is 0.299 e. The number of aryl methyl sites for hydroxylation is 2. The second-order valence-electron chi connectivity index (χ2n) is 7.71. The number of hydrogen-bond acceptors (Lipinski definition) is 6. The van der Waals surface area contributed by atoms with Crippen LogP contribution >= 0.6 is 11.3 Å². The lowest BCUT2D eigenvalue weighted by Gasteiger charge is -2.28. The van der Waals surface area contributed by atoms with E-state index >= 15 is 0 Å². The van der Waals surface area contributed by atoms with Gasteiger partial charge in [0.05, 0.1) is 4.90 Å². The lowest BCUT2D eigenvalue weighted by molar-refractivity contribution is -0.118. The summed E-state index contributed by atoms with van der Waals surface area (Å²) in [7, 11) is -3.87. The summed E-state index contributed by atoms with van der Waals surface area (Å²) < 4.78 is 25.9. The van der Waals surface area contributed by atoms with E-state index in [9.17, 15) is 13.2 Å². The Morgan fingerprint density at radius 1 is 1.03 bits per heavy atom. The van der Waals surface area contributed by atoms with Gasteiger partial charge >= 0.3 is 0 Å². The molecule has 3 aromatic rings. The van der Waals surface area contributed by atoms with Crippen molar-refractivity contribution in [3.8, 4) is 10.6 Å². The number of rotatable bonds is 5. The van der Waals surface area contributed by atoms with Gasteiger partial charge in [0.1, 0.15) is 5.01 Å². The molecule has 1 N–H and O–H groups in total. The predicted octanol–water partition coefficient (Wildman–Crippen LogP) is 4.55. The predicted molar refractivity (Wildman–Crippen MR) is 118 cm³/mol. The zero-order chi connectivity index (χ0) is 21.4. The highest BCUT2D eigenvalue weighted by Crippen LogP contribution is 2.42. The zero-order valence-corrected chi connectivity index (χ0v) is 18.5. The standard InChI is InChI=1S/C22H23N3O3S2/c1-15-10-11-16(2)18(14-15)30(27,28)22(12-6-7-13-22)20(26)23-21-25-24-19(29-21)17-8-4-3-5-9-17/h3-5,8-11,14H,6-7,12-13H2,1-2H3,(H,23,25,26). The molecular formula is C22H23N3O3S2. The molecule has 0 bridgehead atoms. The van der Waals surface area contributed by atoms with Crippen molar-refractivity contribution in [1.29, 1.82) is 0 Å². The second kappa shape index (κ2) is 7.92. The summed E-state index contributed by atoms with van der Waals surface area (Å²) in [5, 5.41) is 11.9. The number of aromatic nitrogens is 2. The Morgan fingerprint density at radius 2 is 1.73 bits per heavy atom. The number of nitrogens with one attached hydrogen (secondary N) is 1. The minimum absolute atomic E-state index is 0.238. The van der Waals surface area contributed by atoms with Crippen molar-refractivity contribution in [3.05, 3.63) is 59.7 Å². The van der Waals surface area contributed by atoms with Crippen LogP contribution < -0.4 is 5.32 Å². The fourth-order valence-electron chi connectivity index (χ4n) is 3.95. The first-order chi connectivity index (χ1) is 14.3. The minimum Gasteiger partial charge on any atom is -0.299 e. The van der Waals surface area contributed by atoms with Crippen molar-refractivity contribution in [2.24, 2.45) is 0 Å². The van der Waals surface area contributed by atoms with E-state index in [2.05, 4.69) is 15.5 Å². The van der Waals surface area contributed by atoms with E-state index in [1.807, 2.05) is 43.3 Å². The van der Waals surface area contributed by atoms with Crippen LogP contribution in [-0.4, -0.2) is 29.3 Å². The smallest absolute Gasteiger partial charge is 0.248 e. The Hall–Kier alpha value is -2.58. The van der Waals surface area contributed by atoms with E-state index in [-0.39, 0.29) is 4.90 Å². The van der Waals surface area contributed by atoms with Crippen LogP contribution in [0.1, 0.15) is 36.8 Å². The number of sulfone groups is 1. The van der Waals surface area contributed by atoms with Gasteiger partial charge in [-0.05, 0) is 43.9 Å². The SMILES string of the molecule is Cc1ccc(C)c(S(=O)(=O)C2(C(=O)Nc3nnc(-c4ccccc4)s3)CCCC2)c1. The second-order valence-corrected chi connectivity index (χ2v) is 10.9. The van der Waals surface area contributed by atoms with Crippen molar-refractivity contribution in [3.63, 3.8) is 0 Å². The van der Waals surface area contributed by atoms with Gasteiger partial charge in [-0.25, -0.2) is 8.42 Å². The topological polar surface area (TPSA) is 89.0 Å². The first kappa shape index (κ1) is 20.7. The van der Waals surface area contributed by atoms with Crippen molar-refractivity contribution in [2.75, 3.05) is 5.32 Å². The average Bonchev–Trinajstić information content (AvgIpc) is 3.41. The lowest BCUT2D eigenvalue weighted by Crippen LogP contribution is -2.47. The first-order valence-electron chi connectivity index (χ1n) is 9.86. The summed E-state index contributed by atoms with van der Waals surface area (Å²) in [6.45, 7) is 3.62. The van der Waals surface area contributed by atoms with Gasteiger partial charge in [-0.2, -0.15) is 0 Å². The molecule has 0 atom stereocenters. The fourth-order valence-corrected chi connectivity index (χ4v) is 7.07. The molecule has 2 aromatic carbocycles. The van der Waals surface area contributed by atoms with Gasteiger partial charge in [0.25, 0.3) is 0 Å². The molecular weight excluding hydrogens is 418 g/mol. The van der Waals surface area contributed by atoms with Crippen LogP contribution in [0.15, 0.2) is 53.4 Å². The number of anilines is 1. The van der Waals surface area contributed by atoms with E-state index < -0.39 is 20.5 Å². The van der Waals surface area contributed by atoms with Crippen molar-refractivity contribution in [1.82, 2.24) is 10.2 Å². The van der Waals surface area contributed by atoms with Crippen molar-refractivity contribution in [2.45, 2.75) is 49.2 Å². The molecule has 8 heteroatoms. The zero-order valence-electron chi connectivity index (χ0n) is 16.9. The van der Waals surface area contributed by atoms with E-state index in [0.717, 1.165) is 11.1 Å². The summed E-state index contributed by atoms with van der Waals surface area (Å²) in [6, 6.07) is 14.9. The number of benzene rings is 2. The molecule has 30 heavy (non-hydrogen) atoms. The molecule has 0 saturated heterocycles. The third-order valence-electron chi connectivity index (χ3n) is 5.64. The maximum Gasteiger partial charge on any atom is 0.248 e. The Bertz CT molecular complexity index is 1180. The molecule has 1 aliphatic carbocycles. The monoisotopic (exact) mass is 441 g/mol. The number of amides is 1. The maximum absolute atomic E-state index is 13.7. The third kappa shape index (κ3) is 3.54. The minimum atomic E-state index is -3.87. The Balaban J connectivity index is 1.67. The van der Waals surface area contributed by atoms with E-state index in [1.54, 1.807) is 19.1 Å². The molecule has 1 aromatic heterocycles. The molecule has 156 valence electrons. The third-order valence-corrected chi connectivity index (χ3v) is 9.17. The van der Waals surface area contributed by atoms with E-state index in [0.29, 0.717) is 41.4 Å². The Labute approximate surface area is 180 Å². The van der Waals surface area contributed by atoms with Gasteiger partial charge < -0.3 is 0 Å². The molecule has 1 aliphatic rings. The molecule has 4 rings (SSSR count). The van der Waals surface area contributed by atoms with Crippen molar-refractivity contribution >= 4 is 32.2 Å². The normalized spacial score (nSPS) is 15.8. The van der Waals surface area contributed by atoms with Crippen LogP contribution in [-0.2, 0) is 14.6 Å². The highest BCUT2D eigenvalue weighted by atomic mass is 32.2. The maximum atomic E-state index is 13.7. The lowest BCUT2D eigenvalue weighted by atomic mass is 10.1. The van der Waals surface area contributed by atoms with Crippen LogP contribution in [0.5, 0.6) is 0 Å².